The van der Waals surface area contributed by atoms with E-state index in [1.54, 1.807) is 45.0 Å². The highest BCUT2D eigenvalue weighted by molar-refractivity contribution is 9.10. The molecule has 10 heteroatoms. The highest BCUT2D eigenvalue weighted by Gasteiger charge is 2.51. The number of para-hydroxylation sites is 1. The Balaban J connectivity index is 1.73. The maximum absolute atomic E-state index is 14.1. The molecule has 1 atom stereocenters. The topological polar surface area (TPSA) is 86.7 Å². The van der Waals surface area contributed by atoms with Crippen LogP contribution >= 0.6 is 15.9 Å². The molecule has 0 fully saturated rings. The Bertz CT molecular complexity index is 1400. The molecular formula is C25H23BrF2N2O4S. The number of anilines is 1. The number of carbonyl (C=O) groups excluding carboxylic acids is 1. The third kappa shape index (κ3) is 4.63. The van der Waals surface area contributed by atoms with Crippen LogP contribution in [0.3, 0.4) is 0 Å². The van der Waals surface area contributed by atoms with Crippen molar-refractivity contribution in [2.24, 2.45) is 0 Å². The molecule has 6 nitrogen and oxygen atoms in total. The molecule has 0 bridgehead atoms. The van der Waals surface area contributed by atoms with Crippen molar-refractivity contribution in [2.75, 3.05) is 4.90 Å². The number of amides is 1. The van der Waals surface area contributed by atoms with Gasteiger partial charge in [0.15, 0.2) is 5.60 Å². The molecule has 4 rings (SSSR count). The van der Waals surface area contributed by atoms with Crippen LogP contribution in [0.2, 0.25) is 0 Å². The first kappa shape index (κ1) is 25.4. The van der Waals surface area contributed by atoms with Gasteiger partial charge in [-0.05, 0) is 78.2 Å². The summed E-state index contributed by atoms with van der Waals surface area (Å²) in [6, 6.07) is 14.2. The first-order valence-electron chi connectivity index (χ1n) is 10.7. The first-order valence-corrected chi connectivity index (χ1v) is 12.9. The number of hydrogen-bond acceptors (Lipinski definition) is 4. The summed E-state index contributed by atoms with van der Waals surface area (Å²) in [7, 11) is -3.82. The summed E-state index contributed by atoms with van der Waals surface area (Å²) in [6.07, 6.45) is 0. The van der Waals surface area contributed by atoms with Crippen molar-refractivity contribution in [1.82, 2.24) is 4.72 Å². The van der Waals surface area contributed by atoms with Crippen molar-refractivity contribution in [3.63, 3.8) is 0 Å². The fourth-order valence-electron chi connectivity index (χ4n) is 4.09. The van der Waals surface area contributed by atoms with E-state index in [4.69, 9.17) is 0 Å². The Morgan fingerprint density at radius 2 is 1.60 bits per heavy atom. The second-order valence-corrected chi connectivity index (χ2v) is 11.8. The molecule has 1 amide bonds. The minimum Gasteiger partial charge on any atom is -0.372 e. The first-order chi connectivity index (χ1) is 16.2. The molecule has 3 aromatic rings. The largest absolute Gasteiger partial charge is 0.372 e. The Labute approximate surface area is 210 Å². The molecule has 0 saturated carbocycles. The van der Waals surface area contributed by atoms with Gasteiger partial charge in [-0.2, -0.15) is 0 Å². The number of hydrogen-bond donors (Lipinski definition) is 2. The number of halogens is 3. The Morgan fingerprint density at radius 1 is 1.03 bits per heavy atom. The summed E-state index contributed by atoms with van der Waals surface area (Å²) in [5.41, 5.74) is -1.77. The van der Waals surface area contributed by atoms with Crippen LogP contribution in [-0.2, 0) is 27.0 Å². The third-order valence-electron chi connectivity index (χ3n) is 5.55. The van der Waals surface area contributed by atoms with E-state index in [0.717, 1.165) is 12.1 Å². The third-order valence-corrected chi connectivity index (χ3v) is 8.08. The lowest BCUT2D eigenvalue weighted by Gasteiger charge is -2.24. The van der Waals surface area contributed by atoms with Crippen LogP contribution < -0.4 is 9.62 Å². The zero-order valence-corrected chi connectivity index (χ0v) is 21.5. The van der Waals surface area contributed by atoms with Crippen LogP contribution in [0.15, 0.2) is 70.0 Å². The van der Waals surface area contributed by atoms with Crippen molar-refractivity contribution in [1.29, 1.82) is 0 Å². The van der Waals surface area contributed by atoms with E-state index in [1.807, 2.05) is 0 Å². The van der Waals surface area contributed by atoms with E-state index in [-0.39, 0.29) is 32.6 Å². The van der Waals surface area contributed by atoms with Crippen molar-refractivity contribution >= 4 is 37.5 Å². The van der Waals surface area contributed by atoms with Gasteiger partial charge in [-0.15, -0.1) is 0 Å². The van der Waals surface area contributed by atoms with Gasteiger partial charge in [0.25, 0.3) is 5.91 Å². The summed E-state index contributed by atoms with van der Waals surface area (Å²) in [5.74, 6) is -2.34. The number of aliphatic hydroxyl groups is 1. The monoisotopic (exact) mass is 564 g/mol. The Kier molecular flexibility index (Phi) is 6.38. The standard InChI is InChI=1S/C25H23BrF2N2O4S/c1-24(2,3)29-35(33,34)17-10-8-16(9-11-17)25(32)18-6-4-5-7-21(18)30(23(25)31)14-15-12-19(27)22(26)20(28)13-15/h4-13,29,32H,14H2,1-3H3. The maximum Gasteiger partial charge on any atom is 0.268 e. The normalized spacial score (nSPS) is 18.1. The molecule has 0 aliphatic carbocycles. The quantitative estimate of drug-likeness (QED) is 0.444. The van der Waals surface area contributed by atoms with Crippen LogP contribution in [0.1, 0.15) is 37.5 Å². The lowest BCUT2D eigenvalue weighted by Crippen LogP contribution is -2.41. The van der Waals surface area contributed by atoms with Crippen LogP contribution in [0.4, 0.5) is 14.5 Å². The molecule has 0 spiro atoms. The molecule has 0 aromatic heterocycles. The number of nitrogens with zero attached hydrogens (tertiary/aromatic N) is 1. The lowest BCUT2D eigenvalue weighted by atomic mass is 9.87. The fraction of sp³-hybridized carbons (Fsp3) is 0.240. The van der Waals surface area contributed by atoms with Gasteiger partial charge in [-0.25, -0.2) is 21.9 Å². The summed E-state index contributed by atoms with van der Waals surface area (Å²) >= 11 is 2.83. The van der Waals surface area contributed by atoms with Gasteiger partial charge in [0.05, 0.1) is 21.6 Å². The van der Waals surface area contributed by atoms with Gasteiger partial charge >= 0.3 is 0 Å². The molecule has 0 radical (unpaired) electrons. The molecular weight excluding hydrogens is 542 g/mol. The SMILES string of the molecule is CC(C)(C)NS(=O)(=O)c1ccc(C2(O)C(=O)N(Cc3cc(F)c(Br)c(F)c3)c3ccccc32)cc1. The molecule has 1 heterocycles. The summed E-state index contributed by atoms with van der Waals surface area (Å²) in [5, 5.41) is 11.7. The summed E-state index contributed by atoms with van der Waals surface area (Å²) < 4.78 is 55.7. The van der Waals surface area contributed by atoms with E-state index in [0.29, 0.717) is 5.69 Å². The fourth-order valence-corrected chi connectivity index (χ4v) is 5.74. The Hall–Kier alpha value is -2.66. The van der Waals surface area contributed by atoms with E-state index in [9.17, 15) is 27.1 Å². The number of sulfonamides is 1. The van der Waals surface area contributed by atoms with Crippen molar-refractivity contribution in [2.45, 2.75) is 43.4 Å². The van der Waals surface area contributed by atoms with E-state index in [1.165, 1.54) is 29.2 Å². The zero-order chi connectivity index (χ0) is 25.8. The molecule has 3 aromatic carbocycles. The average Bonchev–Trinajstić information content (AvgIpc) is 2.99. The van der Waals surface area contributed by atoms with Crippen molar-refractivity contribution < 1.29 is 27.1 Å². The zero-order valence-electron chi connectivity index (χ0n) is 19.1. The van der Waals surface area contributed by atoms with Gasteiger partial charge in [0, 0.05) is 11.1 Å². The van der Waals surface area contributed by atoms with Crippen LogP contribution in [0.25, 0.3) is 0 Å². The van der Waals surface area contributed by atoms with Crippen molar-refractivity contribution in [3.05, 3.63) is 93.5 Å². The van der Waals surface area contributed by atoms with Gasteiger partial charge in [-0.3, -0.25) is 4.79 Å². The van der Waals surface area contributed by atoms with E-state index in [2.05, 4.69) is 20.7 Å². The number of nitrogens with one attached hydrogen (secondary N) is 1. The number of rotatable bonds is 5. The second-order valence-electron chi connectivity index (χ2n) is 9.37. The predicted octanol–water partition coefficient (Wildman–Crippen LogP) is 4.59. The summed E-state index contributed by atoms with van der Waals surface area (Å²) in [6.45, 7) is 4.97. The molecule has 184 valence electrons. The van der Waals surface area contributed by atoms with E-state index >= 15 is 0 Å². The molecule has 1 unspecified atom stereocenters. The number of carbonyl (C=O) groups is 1. The number of fused-ring (bicyclic) bond motifs is 1. The van der Waals surface area contributed by atoms with Gasteiger partial charge < -0.3 is 10.0 Å². The van der Waals surface area contributed by atoms with Gasteiger partial charge in [-0.1, -0.05) is 30.3 Å². The maximum atomic E-state index is 14.1. The van der Waals surface area contributed by atoms with Crippen LogP contribution in [0.5, 0.6) is 0 Å². The Morgan fingerprint density at radius 3 is 2.17 bits per heavy atom. The highest BCUT2D eigenvalue weighted by Crippen LogP contribution is 2.45. The minimum absolute atomic E-state index is 0.0174. The van der Waals surface area contributed by atoms with Crippen LogP contribution in [0, 0.1) is 11.6 Å². The van der Waals surface area contributed by atoms with Gasteiger partial charge in [0.1, 0.15) is 11.6 Å². The highest BCUT2D eigenvalue weighted by atomic mass is 79.9. The molecule has 1 aliphatic rings. The molecule has 1 aliphatic heterocycles. The molecule has 2 N–H and O–H groups in total. The lowest BCUT2D eigenvalue weighted by molar-refractivity contribution is -0.132. The van der Waals surface area contributed by atoms with Crippen molar-refractivity contribution in [3.8, 4) is 0 Å². The predicted molar refractivity (Wildman–Crippen MR) is 131 cm³/mol. The molecule has 0 saturated heterocycles. The van der Waals surface area contributed by atoms with Crippen LogP contribution in [-0.4, -0.2) is 25.0 Å². The number of benzene rings is 3. The van der Waals surface area contributed by atoms with Gasteiger partial charge in [0.2, 0.25) is 10.0 Å². The molecule has 35 heavy (non-hydrogen) atoms. The average molecular weight is 565 g/mol. The smallest absolute Gasteiger partial charge is 0.268 e. The van der Waals surface area contributed by atoms with E-state index < -0.39 is 38.7 Å². The summed E-state index contributed by atoms with van der Waals surface area (Å²) in [4.78, 5) is 14.8. The minimum atomic E-state index is -3.82. The second kappa shape index (κ2) is 8.77.